The lowest BCUT2D eigenvalue weighted by Gasteiger charge is -2.38. The average molecular weight is 357 g/mol. The van der Waals surface area contributed by atoms with E-state index in [-0.39, 0.29) is 0 Å². The Kier molecular flexibility index (Phi) is 7.77. The van der Waals surface area contributed by atoms with Gasteiger partial charge in [-0.25, -0.2) is 4.39 Å². The van der Waals surface area contributed by atoms with E-state index < -0.39 is 0 Å². The molecule has 0 saturated heterocycles. The summed E-state index contributed by atoms with van der Waals surface area (Å²) >= 11 is 0. The van der Waals surface area contributed by atoms with Crippen LogP contribution in [0.3, 0.4) is 0 Å². The minimum atomic E-state index is 0.710. The number of halogens is 1. The fraction of sp³-hybridized carbons (Fsp3) is 0.680. The molecule has 1 aromatic carbocycles. The molecule has 2 aliphatic rings. The van der Waals surface area contributed by atoms with Gasteiger partial charge in [0.1, 0.15) is 0 Å². The summed E-state index contributed by atoms with van der Waals surface area (Å²) in [6, 6.07) is 9.49. The minimum Gasteiger partial charge on any atom is -0.216 e. The highest BCUT2D eigenvalue weighted by molar-refractivity contribution is 5.26. The van der Waals surface area contributed by atoms with E-state index in [2.05, 4.69) is 31.2 Å². The van der Waals surface area contributed by atoms with E-state index in [1.807, 2.05) is 0 Å². The summed E-state index contributed by atoms with van der Waals surface area (Å²) in [5.41, 5.74) is 3.07. The molecule has 0 bridgehead atoms. The van der Waals surface area contributed by atoms with Crippen molar-refractivity contribution >= 4 is 0 Å². The summed E-state index contributed by atoms with van der Waals surface area (Å²) in [5.74, 6) is 3.58. The van der Waals surface area contributed by atoms with Gasteiger partial charge in [0.15, 0.2) is 0 Å². The average Bonchev–Trinajstić information content (AvgIpc) is 2.70. The van der Waals surface area contributed by atoms with Gasteiger partial charge in [-0.15, -0.1) is 0 Å². The molecule has 0 unspecified atom stereocenters. The van der Waals surface area contributed by atoms with Gasteiger partial charge in [0.25, 0.3) is 0 Å². The van der Waals surface area contributed by atoms with Crippen LogP contribution >= 0.6 is 0 Å². The van der Waals surface area contributed by atoms with Crippen LogP contribution in [0, 0.1) is 17.8 Å². The van der Waals surface area contributed by atoms with Crippen LogP contribution in [0.15, 0.2) is 36.7 Å². The summed E-state index contributed by atoms with van der Waals surface area (Å²) in [7, 11) is 0. The second-order valence-electron chi connectivity index (χ2n) is 8.82. The molecule has 0 aromatic heterocycles. The summed E-state index contributed by atoms with van der Waals surface area (Å²) in [6.07, 6.45) is 18.2. The lowest BCUT2D eigenvalue weighted by atomic mass is 9.68. The Hall–Kier alpha value is -1.11. The van der Waals surface area contributed by atoms with Gasteiger partial charge < -0.3 is 0 Å². The van der Waals surface area contributed by atoms with Gasteiger partial charge >= 0.3 is 0 Å². The molecule has 0 atom stereocenters. The van der Waals surface area contributed by atoms with Crippen molar-refractivity contribution in [1.29, 1.82) is 0 Å². The van der Waals surface area contributed by atoms with E-state index >= 15 is 0 Å². The van der Waals surface area contributed by atoms with E-state index in [0.717, 1.165) is 30.1 Å². The SMILES string of the molecule is CCCc1ccc(C2CCC([C@H]3CC[C@H](CC/C=C/F)CC3)CC2)cc1. The van der Waals surface area contributed by atoms with Crippen LogP contribution in [0.25, 0.3) is 0 Å². The van der Waals surface area contributed by atoms with Crippen molar-refractivity contribution in [2.75, 3.05) is 0 Å². The molecule has 0 nitrogen and oxygen atoms in total. The molecule has 3 rings (SSSR count). The minimum absolute atomic E-state index is 0.710. The predicted octanol–water partition coefficient (Wildman–Crippen LogP) is 7.98. The molecule has 144 valence electrons. The second kappa shape index (κ2) is 10.3. The van der Waals surface area contributed by atoms with Crippen molar-refractivity contribution in [2.45, 2.75) is 89.9 Å². The first-order valence-corrected chi connectivity index (χ1v) is 11.1. The summed E-state index contributed by atoms with van der Waals surface area (Å²) in [4.78, 5) is 0. The summed E-state index contributed by atoms with van der Waals surface area (Å²) in [6.45, 7) is 2.25. The summed E-state index contributed by atoms with van der Waals surface area (Å²) < 4.78 is 12.1. The highest BCUT2D eigenvalue weighted by Crippen LogP contribution is 2.44. The number of hydrogen-bond donors (Lipinski definition) is 0. The largest absolute Gasteiger partial charge is 0.216 e. The molecule has 1 heteroatoms. The molecule has 0 radical (unpaired) electrons. The number of benzene rings is 1. The first-order chi connectivity index (χ1) is 12.8. The molecule has 2 aliphatic carbocycles. The van der Waals surface area contributed by atoms with Crippen LogP contribution in [0.5, 0.6) is 0 Å². The van der Waals surface area contributed by atoms with Gasteiger partial charge in [-0.3, -0.25) is 0 Å². The first kappa shape index (κ1) is 19.6. The Bertz CT molecular complexity index is 528. The lowest BCUT2D eigenvalue weighted by molar-refractivity contribution is 0.157. The van der Waals surface area contributed by atoms with Gasteiger partial charge in [-0.2, -0.15) is 0 Å². The Morgan fingerprint density at radius 2 is 1.50 bits per heavy atom. The molecule has 2 saturated carbocycles. The van der Waals surface area contributed by atoms with Crippen molar-refractivity contribution < 1.29 is 4.39 Å². The van der Waals surface area contributed by atoms with Crippen LogP contribution in [0.1, 0.15) is 94.6 Å². The summed E-state index contributed by atoms with van der Waals surface area (Å²) in [5, 5.41) is 0. The Labute approximate surface area is 160 Å². The number of rotatable bonds is 7. The predicted molar refractivity (Wildman–Crippen MR) is 110 cm³/mol. The Morgan fingerprint density at radius 3 is 2.08 bits per heavy atom. The highest BCUT2D eigenvalue weighted by Gasteiger charge is 2.31. The fourth-order valence-corrected chi connectivity index (χ4v) is 5.51. The van der Waals surface area contributed by atoms with E-state index in [4.69, 9.17) is 0 Å². The van der Waals surface area contributed by atoms with Crippen LogP contribution < -0.4 is 0 Å². The van der Waals surface area contributed by atoms with E-state index in [9.17, 15) is 4.39 Å². The second-order valence-corrected chi connectivity index (χ2v) is 8.82. The molecule has 1 aromatic rings. The molecule has 0 N–H and O–H groups in total. The molecular formula is C25H37F. The third-order valence-corrected chi connectivity index (χ3v) is 7.15. The zero-order chi connectivity index (χ0) is 18.2. The molecular weight excluding hydrogens is 319 g/mol. The van der Waals surface area contributed by atoms with Crippen LogP contribution in [-0.4, -0.2) is 0 Å². The molecule has 0 aliphatic heterocycles. The van der Waals surface area contributed by atoms with E-state index in [1.165, 1.54) is 76.2 Å². The Balaban J connectivity index is 1.41. The standard InChI is InChI=1S/C25H37F/c1-2-5-20-7-11-22(12-8-20)24-15-17-25(18-16-24)23-13-9-21(10-14-23)6-3-4-19-26/h4,7-8,11-12,19,21,23-25H,2-3,5-6,9-10,13-18H2,1H3/b19-4+/t21-,23-,24?,25?. The van der Waals surface area contributed by atoms with Crippen molar-refractivity contribution in [3.63, 3.8) is 0 Å². The van der Waals surface area contributed by atoms with E-state index in [1.54, 1.807) is 11.6 Å². The van der Waals surface area contributed by atoms with Crippen molar-refractivity contribution in [1.82, 2.24) is 0 Å². The van der Waals surface area contributed by atoms with Gasteiger partial charge in [0.05, 0.1) is 6.33 Å². The lowest BCUT2D eigenvalue weighted by Crippen LogP contribution is -2.25. The number of hydrogen-bond acceptors (Lipinski definition) is 0. The quantitative estimate of drug-likeness (QED) is 0.464. The Morgan fingerprint density at radius 1 is 0.885 bits per heavy atom. The molecule has 2 fully saturated rings. The van der Waals surface area contributed by atoms with Crippen molar-refractivity contribution in [2.24, 2.45) is 17.8 Å². The highest BCUT2D eigenvalue weighted by atomic mass is 19.1. The van der Waals surface area contributed by atoms with Gasteiger partial charge in [0.2, 0.25) is 0 Å². The van der Waals surface area contributed by atoms with Crippen LogP contribution in [0.4, 0.5) is 4.39 Å². The third kappa shape index (κ3) is 5.44. The number of allylic oxidation sites excluding steroid dienone is 1. The number of aryl methyl sites for hydroxylation is 1. The molecule has 0 heterocycles. The maximum absolute atomic E-state index is 12.1. The molecule has 0 amide bonds. The zero-order valence-corrected chi connectivity index (χ0v) is 16.6. The van der Waals surface area contributed by atoms with E-state index in [0.29, 0.717) is 6.33 Å². The monoisotopic (exact) mass is 356 g/mol. The fourth-order valence-electron chi connectivity index (χ4n) is 5.51. The normalized spacial score (nSPS) is 29.9. The van der Waals surface area contributed by atoms with Crippen LogP contribution in [0.2, 0.25) is 0 Å². The van der Waals surface area contributed by atoms with Gasteiger partial charge in [-0.1, -0.05) is 56.5 Å². The first-order valence-electron chi connectivity index (χ1n) is 11.1. The zero-order valence-electron chi connectivity index (χ0n) is 16.6. The molecule has 0 spiro atoms. The van der Waals surface area contributed by atoms with Crippen LogP contribution in [-0.2, 0) is 6.42 Å². The smallest absolute Gasteiger partial charge is 0.0827 e. The molecule has 26 heavy (non-hydrogen) atoms. The maximum Gasteiger partial charge on any atom is 0.0827 e. The van der Waals surface area contributed by atoms with Gasteiger partial charge in [-0.05, 0) is 92.6 Å². The topological polar surface area (TPSA) is 0 Å². The van der Waals surface area contributed by atoms with Crippen molar-refractivity contribution in [3.05, 3.63) is 47.8 Å². The maximum atomic E-state index is 12.1. The van der Waals surface area contributed by atoms with Crippen molar-refractivity contribution in [3.8, 4) is 0 Å². The van der Waals surface area contributed by atoms with Gasteiger partial charge in [0, 0.05) is 0 Å². The third-order valence-electron chi connectivity index (χ3n) is 7.15.